The standard InChI is InChI=1S/C10H19NO2S/c1-2-5-11(8-10(12)13)9-3-6-14-7-4-9/h9H,2-8H2,1H3,(H,12,13). The number of aliphatic carboxylic acids is 1. The van der Waals surface area contributed by atoms with Gasteiger partial charge >= 0.3 is 5.97 Å². The number of thioether (sulfide) groups is 1. The summed E-state index contributed by atoms with van der Waals surface area (Å²) in [5.74, 6) is 1.67. The zero-order valence-electron chi connectivity index (χ0n) is 8.74. The van der Waals surface area contributed by atoms with Crippen molar-refractivity contribution >= 4 is 17.7 Å². The highest BCUT2D eigenvalue weighted by Crippen LogP contribution is 2.21. The number of hydrogen-bond donors (Lipinski definition) is 1. The Morgan fingerprint density at radius 2 is 2.14 bits per heavy atom. The summed E-state index contributed by atoms with van der Waals surface area (Å²) in [5, 5.41) is 8.79. The van der Waals surface area contributed by atoms with Crippen molar-refractivity contribution in [2.24, 2.45) is 0 Å². The Morgan fingerprint density at radius 1 is 1.50 bits per heavy atom. The van der Waals surface area contributed by atoms with Crippen LogP contribution >= 0.6 is 11.8 Å². The number of carboxylic acids is 1. The average molecular weight is 217 g/mol. The third-order valence-corrected chi connectivity index (χ3v) is 3.61. The van der Waals surface area contributed by atoms with Crippen molar-refractivity contribution in [2.75, 3.05) is 24.6 Å². The van der Waals surface area contributed by atoms with Crippen molar-refractivity contribution in [3.05, 3.63) is 0 Å². The number of carboxylic acid groups (broad SMARTS) is 1. The second kappa shape index (κ2) is 6.30. The molecule has 1 aliphatic heterocycles. The molecule has 0 aromatic heterocycles. The second-order valence-corrected chi connectivity index (χ2v) is 4.93. The normalized spacial score (nSPS) is 18.7. The first-order valence-corrected chi connectivity index (χ1v) is 6.43. The Hall–Kier alpha value is -0.220. The molecule has 0 amide bonds. The van der Waals surface area contributed by atoms with E-state index in [1.54, 1.807) is 0 Å². The first kappa shape index (κ1) is 11.9. The van der Waals surface area contributed by atoms with Gasteiger partial charge in [-0.2, -0.15) is 11.8 Å². The lowest BCUT2D eigenvalue weighted by Crippen LogP contribution is -2.41. The molecule has 3 nitrogen and oxygen atoms in total. The van der Waals surface area contributed by atoms with Crippen molar-refractivity contribution < 1.29 is 9.90 Å². The Morgan fingerprint density at radius 3 is 2.64 bits per heavy atom. The molecule has 1 rings (SSSR count). The molecule has 4 heteroatoms. The first-order valence-electron chi connectivity index (χ1n) is 5.27. The highest BCUT2D eigenvalue weighted by atomic mass is 32.2. The third kappa shape index (κ3) is 3.88. The topological polar surface area (TPSA) is 40.5 Å². The van der Waals surface area contributed by atoms with Crippen molar-refractivity contribution in [3.63, 3.8) is 0 Å². The molecule has 0 spiro atoms. The fourth-order valence-corrected chi connectivity index (χ4v) is 2.98. The molecule has 0 aromatic rings. The van der Waals surface area contributed by atoms with Crippen LogP contribution in [0.1, 0.15) is 26.2 Å². The lowest BCUT2D eigenvalue weighted by Gasteiger charge is -2.32. The molecule has 0 aliphatic carbocycles. The molecular formula is C10H19NO2S. The fraction of sp³-hybridized carbons (Fsp3) is 0.900. The molecule has 0 aromatic carbocycles. The van der Waals surface area contributed by atoms with Crippen LogP contribution in [-0.4, -0.2) is 46.6 Å². The molecule has 1 heterocycles. The van der Waals surface area contributed by atoms with Crippen LogP contribution in [-0.2, 0) is 4.79 Å². The summed E-state index contributed by atoms with van der Waals surface area (Å²) in [6.45, 7) is 3.23. The van der Waals surface area contributed by atoms with Crippen LogP contribution in [0.4, 0.5) is 0 Å². The summed E-state index contributed by atoms with van der Waals surface area (Å²) in [6.07, 6.45) is 3.34. The maximum atomic E-state index is 10.7. The van der Waals surface area contributed by atoms with Gasteiger partial charge in [-0.1, -0.05) is 6.92 Å². The molecule has 1 saturated heterocycles. The lowest BCUT2D eigenvalue weighted by molar-refractivity contribution is -0.139. The Bertz CT molecular complexity index is 181. The highest BCUT2D eigenvalue weighted by molar-refractivity contribution is 7.99. The zero-order chi connectivity index (χ0) is 10.4. The van der Waals surface area contributed by atoms with E-state index in [1.807, 2.05) is 11.8 Å². The molecule has 0 radical (unpaired) electrons. The summed E-state index contributed by atoms with van der Waals surface area (Å²) in [6, 6.07) is 0.507. The van der Waals surface area contributed by atoms with E-state index in [2.05, 4.69) is 11.8 Å². The monoisotopic (exact) mass is 217 g/mol. The fourth-order valence-electron chi connectivity index (χ4n) is 1.90. The van der Waals surface area contributed by atoms with Gasteiger partial charge in [0.1, 0.15) is 0 Å². The molecule has 0 bridgehead atoms. The van der Waals surface area contributed by atoms with Gasteiger partial charge < -0.3 is 5.11 Å². The van der Waals surface area contributed by atoms with E-state index in [4.69, 9.17) is 5.11 Å². The second-order valence-electron chi connectivity index (χ2n) is 3.71. The molecule has 1 N–H and O–H groups in total. The van der Waals surface area contributed by atoms with Gasteiger partial charge in [0.15, 0.2) is 0 Å². The minimum Gasteiger partial charge on any atom is -0.480 e. The lowest BCUT2D eigenvalue weighted by atomic mass is 10.1. The van der Waals surface area contributed by atoms with Crippen molar-refractivity contribution in [2.45, 2.75) is 32.2 Å². The van der Waals surface area contributed by atoms with Crippen LogP contribution in [0.15, 0.2) is 0 Å². The van der Waals surface area contributed by atoms with Crippen molar-refractivity contribution in [1.82, 2.24) is 4.90 Å². The summed E-state index contributed by atoms with van der Waals surface area (Å²) in [4.78, 5) is 12.8. The van der Waals surface area contributed by atoms with Crippen LogP contribution in [0.5, 0.6) is 0 Å². The van der Waals surface area contributed by atoms with Crippen LogP contribution in [0.25, 0.3) is 0 Å². The number of hydrogen-bond acceptors (Lipinski definition) is 3. The zero-order valence-corrected chi connectivity index (χ0v) is 9.55. The van der Waals surface area contributed by atoms with E-state index in [0.29, 0.717) is 6.04 Å². The Labute approximate surface area is 89.9 Å². The number of rotatable bonds is 5. The smallest absolute Gasteiger partial charge is 0.317 e. The maximum Gasteiger partial charge on any atom is 0.317 e. The van der Waals surface area contributed by atoms with Crippen LogP contribution < -0.4 is 0 Å². The van der Waals surface area contributed by atoms with Crippen molar-refractivity contribution in [3.8, 4) is 0 Å². The van der Waals surface area contributed by atoms with Gasteiger partial charge in [0.2, 0.25) is 0 Å². The molecule has 0 saturated carbocycles. The van der Waals surface area contributed by atoms with Gasteiger partial charge in [-0.05, 0) is 37.3 Å². The number of nitrogens with zero attached hydrogens (tertiary/aromatic N) is 1. The third-order valence-electron chi connectivity index (χ3n) is 2.56. The molecule has 82 valence electrons. The molecule has 1 fully saturated rings. The largest absolute Gasteiger partial charge is 0.480 e. The average Bonchev–Trinajstić information content (AvgIpc) is 2.18. The van der Waals surface area contributed by atoms with Crippen molar-refractivity contribution in [1.29, 1.82) is 0 Å². The summed E-state index contributed by atoms with van der Waals surface area (Å²) in [5.41, 5.74) is 0. The van der Waals surface area contributed by atoms with Crippen LogP contribution in [0, 0.1) is 0 Å². The maximum absolute atomic E-state index is 10.7. The molecular weight excluding hydrogens is 198 g/mol. The van der Waals surface area contributed by atoms with E-state index >= 15 is 0 Å². The summed E-state index contributed by atoms with van der Waals surface area (Å²) < 4.78 is 0. The predicted molar refractivity (Wildman–Crippen MR) is 59.8 cm³/mol. The molecule has 0 unspecified atom stereocenters. The minimum atomic E-state index is -0.698. The Balaban J connectivity index is 2.42. The summed E-state index contributed by atoms with van der Waals surface area (Å²) in [7, 11) is 0. The van der Waals surface area contributed by atoms with Gasteiger partial charge in [0, 0.05) is 6.04 Å². The van der Waals surface area contributed by atoms with Gasteiger partial charge in [-0.15, -0.1) is 0 Å². The van der Waals surface area contributed by atoms with Gasteiger partial charge in [0.05, 0.1) is 6.54 Å². The molecule has 0 atom stereocenters. The van der Waals surface area contributed by atoms with Gasteiger partial charge in [-0.25, -0.2) is 0 Å². The van der Waals surface area contributed by atoms with E-state index in [9.17, 15) is 4.79 Å². The quantitative estimate of drug-likeness (QED) is 0.760. The van der Waals surface area contributed by atoms with E-state index in [1.165, 1.54) is 11.5 Å². The van der Waals surface area contributed by atoms with Gasteiger partial charge in [-0.3, -0.25) is 9.69 Å². The highest BCUT2D eigenvalue weighted by Gasteiger charge is 2.22. The Kier molecular flexibility index (Phi) is 5.33. The predicted octanol–water partition coefficient (Wildman–Crippen LogP) is 1.68. The molecule has 14 heavy (non-hydrogen) atoms. The van der Waals surface area contributed by atoms with Crippen LogP contribution in [0.2, 0.25) is 0 Å². The minimum absolute atomic E-state index is 0.211. The van der Waals surface area contributed by atoms with Gasteiger partial charge in [0.25, 0.3) is 0 Å². The number of carbonyl (C=O) groups is 1. The van der Waals surface area contributed by atoms with Crippen LogP contribution in [0.3, 0.4) is 0 Å². The van der Waals surface area contributed by atoms with E-state index in [-0.39, 0.29) is 6.54 Å². The molecule has 1 aliphatic rings. The first-order chi connectivity index (χ1) is 6.74. The SMILES string of the molecule is CCCN(CC(=O)O)C1CCSCC1. The van der Waals surface area contributed by atoms with E-state index in [0.717, 1.165) is 25.8 Å². The summed E-state index contributed by atoms with van der Waals surface area (Å²) >= 11 is 1.98. The van der Waals surface area contributed by atoms with E-state index < -0.39 is 5.97 Å².